The minimum absolute atomic E-state index is 0.0735. The SMILES string of the molecule is COc1cccc(-c2ccc(=O)n(CN3CCN(C)CC3)n2)c1. The van der Waals surface area contributed by atoms with Crippen LogP contribution in [0.4, 0.5) is 0 Å². The Morgan fingerprint density at radius 2 is 1.91 bits per heavy atom. The first-order valence-electron chi connectivity index (χ1n) is 7.79. The number of rotatable bonds is 4. The third-order valence-corrected chi connectivity index (χ3v) is 4.16. The molecule has 1 aliphatic rings. The zero-order valence-electron chi connectivity index (χ0n) is 13.6. The molecule has 2 aromatic rings. The summed E-state index contributed by atoms with van der Waals surface area (Å²) in [7, 11) is 3.76. The van der Waals surface area contributed by atoms with E-state index in [4.69, 9.17) is 4.74 Å². The molecule has 0 spiro atoms. The highest BCUT2D eigenvalue weighted by atomic mass is 16.5. The second kappa shape index (κ2) is 6.93. The van der Waals surface area contributed by atoms with Crippen LogP contribution in [0.15, 0.2) is 41.2 Å². The van der Waals surface area contributed by atoms with Gasteiger partial charge in [0.1, 0.15) is 5.75 Å². The van der Waals surface area contributed by atoms with E-state index in [2.05, 4.69) is 21.9 Å². The molecule has 0 radical (unpaired) electrons. The highest BCUT2D eigenvalue weighted by molar-refractivity contribution is 5.60. The summed E-state index contributed by atoms with van der Waals surface area (Å²) in [5.74, 6) is 0.779. The fourth-order valence-electron chi connectivity index (χ4n) is 2.67. The third kappa shape index (κ3) is 3.78. The van der Waals surface area contributed by atoms with E-state index in [9.17, 15) is 4.79 Å². The number of aromatic nitrogens is 2. The number of likely N-dealkylation sites (N-methyl/N-ethyl adjacent to an activating group) is 1. The highest BCUT2D eigenvalue weighted by Gasteiger charge is 2.15. The molecule has 122 valence electrons. The molecule has 1 aliphatic heterocycles. The van der Waals surface area contributed by atoms with E-state index in [0.29, 0.717) is 6.67 Å². The Labute approximate surface area is 135 Å². The van der Waals surface area contributed by atoms with Gasteiger partial charge in [0.05, 0.1) is 19.5 Å². The number of nitrogens with zero attached hydrogens (tertiary/aromatic N) is 4. The number of methoxy groups -OCH3 is 1. The van der Waals surface area contributed by atoms with E-state index in [-0.39, 0.29) is 5.56 Å². The van der Waals surface area contributed by atoms with E-state index < -0.39 is 0 Å². The van der Waals surface area contributed by atoms with Crippen molar-refractivity contribution in [3.05, 3.63) is 46.8 Å². The van der Waals surface area contributed by atoms with Crippen LogP contribution in [0, 0.1) is 0 Å². The van der Waals surface area contributed by atoms with Crippen LogP contribution >= 0.6 is 0 Å². The summed E-state index contributed by atoms with van der Waals surface area (Å²) in [5, 5.41) is 4.52. The normalized spacial score (nSPS) is 16.4. The molecule has 0 aliphatic carbocycles. The fraction of sp³-hybridized carbons (Fsp3) is 0.412. The van der Waals surface area contributed by atoms with Crippen molar-refractivity contribution in [2.24, 2.45) is 0 Å². The number of hydrogen-bond donors (Lipinski definition) is 0. The first kappa shape index (κ1) is 15.7. The minimum Gasteiger partial charge on any atom is -0.497 e. The lowest BCUT2D eigenvalue weighted by Crippen LogP contribution is -2.46. The maximum atomic E-state index is 12.1. The Morgan fingerprint density at radius 1 is 1.13 bits per heavy atom. The Morgan fingerprint density at radius 3 is 2.65 bits per heavy atom. The van der Waals surface area contributed by atoms with Gasteiger partial charge in [0.2, 0.25) is 0 Å². The number of piperazine rings is 1. The van der Waals surface area contributed by atoms with Gasteiger partial charge in [-0.15, -0.1) is 0 Å². The van der Waals surface area contributed by atoms with Crippen LogP contribution in [0.25, 0.3) is 11.3 Å². The van der Waals surface area contributed by atoms with Crippen molar-refractivity contribution in [2.45, 2.75) is 6.67 Å². The molecule has 1 fully saturated rings. The molecule has 0 saturated carbocycles. The van der Waals surface area contributed by atoms with E-state index in [1.807, 2.05) is 24.3 Å². The van der Waals surface area contributed by atoms with E-state index >= 15 is 0 Å². The largest absolute Gasteiger partial charge is 0.497 e. The molecule has 3 rings (SSSR count). The highest BCUT2D eigenvalue weighted by Crippen LogP contribution is 2.21. The molecule has 0 atom stereocenters. The van der Waals surface area contributed by atoms with Gasteiger partial charge < -0.3 is 9.64 Å². The van der Waals surface area contributed by atoms with Gasteiger partial charge in [-0.3, -0.25) is 9.69 Å². The topological polar surface area (TPSA) is 50.6 Å². The van der Waals surface area contributed by atoms with Gasteiger partial charge >= 0.3 is 0 Å². The second-order valence-corrected chi connectivity index (χ2v) is 5.85. The predicted molar refractivity (Wildman–Crippen MR) is 89.6 cm³/mol. The summed E-state index contributed by atoms with van der Waals surface area (Å²) in [4.78, 5) is 16.6. The summed E-state index contributed by atoms with van der Waals surface area (Å²) in [6.07, 6.45) is 0. The van der Waals surface area contributed by atoms with Crippen LogP contribution in [0.3, 0.4) is 0 Å². The zero-order chi connectivity index (χ0) is 16.2. The third-order valence-electron chi connectivity index (χ3n) is 4.16. The van der Waals surface area contributed by atoms with Gasteiger partial charge in [0, 0.05) is 37.8 Å². The van der Waals surface area contributed by atoms with Gasteiger partial charge in [0.25, 0.3) is 5.56 Å². The lowest BCUT2D eigenvalue weighted by atomic mass is 10.1. The molecule has 1 aromatic heterocycles. The smallest absolute Gasteiger partial charge is 0.268 e. The van der Waals surface area contributed by atoms with Crippen LogP contribution < -0.4 is 10.3 Å². The van der Waals surface area contributed by atoms with Crippen LogP contribution in [0.5, 0.6) is 5.75 Å². The molecular weight excluding hydrogens is 292 g/mol. The number of ether oxygens (including phenoxy) is 1. The van der Waals surface area contributed by atoms with Crippen molar-refractivity contribution in [1.82, 2.24) is 19.6 Å². The molecular formula is C17H22N4O2. The number of benzene rings is 1. The molecule has 2 heterocycles. The standard InChI is InChI=1S/C17H22N4O2/c1-19-8-10-20(11-9-19)13-21-17(22)7-6-16(18-21)14-4-3-5-15(12-14)23-2/h3-7,12H,8-11,13H2,1-2H3. The Balaban J connectivity index is 1.82. The van der Waals surface area contributed by atoms with E-state index in [1.165, 1.54) is 0 Å². The molecule has 0 unspecified atom stereocenters. The Hall–Kier alpha value is -2.18. The van der Waals surface area contributed by atoms with Crippen molar-refractivity contribution in [3.63, 3.8) is 0 Å². The molecule has 23 heavy (non-hydrogen) atoms. The minimum atomic E-state index is -0.0735. The summed E-state index contributed by atoms with van der Waals surface area (Å²) >= 11 is 0. The quantitative estimate of drug-likeness (QED) is 0.846. The average molecular weight is 314 g/mol. The zero-order valence-corrected chi connectivity index (χ0v) is 13.6. The molecule has 6 nitrogen and oxygen atoms in total. The van der Waals surface area contributed by atoms with Gasteiger partial charge in [-0.2, -0.15) is 5.10 Å². The predicted octanol–water partition coefficient (Wildman–Crippen LogP) is 1.12. The molecule has 0 bridgehead atoms. The fourth-order valence-corrected chi connectivity index (χ4v) is 2.67. The van der Waals surface area contributed by atoms with Gasteiger partial charge in [-0.1, -0.05) is 12.1 Å². The first-order valence-corrected chi connectivity index (χ1v) is 7.79. The Bertz CT molecular complexity index is 721. The Kier molecular flexibility index (Phi) is 4.73. The summed E-state index contributed by atoms with van der Waals surface area (Å²) < 4.78 is 6.79. The summed E-state index contributed by atoms with van der Waals surface area (Å²) in [6.45, 7) is 4.47. The number of hydrogen-bond acceptors (Lipinski definition) is 5. The lowest BCUT2D eigenvalue weighted by Gasteiger charge is -2.32. The molecule has 6 heteroatoms. The van der Waals surface area contributed by atoms with Crippen LogP contribution in [-0.2, 0) is 6.67 Å². The van der Waals surface area contributed by atoms with Crippen LogP contribution in [0.2, 0.25) is 0 Å². The van der Waals surface area contributed by atoms with E-state index in [1.54, 1.807) is 23.9 Å². The van der Waals surface area contributed by atoms with Gasteiger partial charge in [0.15, 0.2) is 0 Å². The maximum Gasteiger partial charge on any atom is 0.268 e. The summed E-state index contributed by atoms with van der Waals surface area (Å²) in [6, 6.07) is 11.0. The van der Waals surface area contributed by atoms with Crippen molar-refractivity contribution >= 4 is 0 Å². The lowest BCUT2D eigenvalue weighted by molar-refractivity contribution is 0.117. The maximum absolute atomic E-state index is 12.1. The van der Waals surface area contributed by atoms with Crippen molar-refractivity contribution < 1.29 is 4.74 Å². The average Bonchev–Trinajstić information content (AvgIpc) is 2.59. The second-order valence-electron chi connectivity index (χ2n) is 5.85. The van der Waals surface area contributed by atoms with E-state index in [0.717, 1.165) is 43.2 Å². The summed E-state index contributed by atoms with van der Waals surface area (Å²) in [5.41, 5.74) is 1.64. The molecule has 0 N–H and O–H groups in total. The van der Waals surface area contributed by atoms with Crippen molar-refractivity contribution in [2.75, 3.05) is 40.3 Å². The van der Waals surface area contributed by atoms with Gasteiger partial charge in [-0.25, -0.2) is 4.68 Å². The first-order chi connectivity index (χ1) is 11.2. The van der Waals surface area contributed by atoms with Gasteiger partial charge in [-0.05, 0) is 25.2 Å². The van der Waals surface area contributed by atoms with Crippen molar-refractivity contribution in [1.29, 1.82) is 0 Å². The van der Waals surface area contributed by atoms with Crippen molar-refractivity contribution in [3.8, 4) is 17.0 Å². The molecule has 0 amide bonds. The molecule has 1 saturated heterocycles. The monoisotopic (exact) mass is 314 g/mol. The molecule has 1 aromatic carbocycles. The van der Waals surface area contributed by atoms with Crippen LogP contribution in [-0.4, -0.2) is 59.9 Å². The van der Waals surface area contributed by atoms with Crippen LogP contribution in [0.1, 0.15) is 0 Å².